The van der Waals surface area contributed by atoms with Gasteiger partial charge in [-0.25, -0.2) is 0 Å². The fourth-order valence-corrected chi connectivity index (χ4v) is 6.45. The van der Waals surface area contributed by atoms with Crippen molar-refractivity contribution in [1.82, 2.24) is 4.90 Å². The number of aliphatic hydroxyl groups is 3. The molecule has 0 radical (unpaired) electrons. The predicted octanol–water partition coefficient (Wildman–Crippen LogP) is 2.51. The minimum absolute atomic E-state index is 0.0318. The number of nitrogens with two attached hydrogens (primary N) is 1. The van der Waals surface area contributed by atoms with Crippen LogP contribution in [0.5, 0.6) is 5.75 Å². The first-order valence-corrected chi connectivity index (χ1v) is 13.5. The van der Waals surface area contributed by atoms with E-state index in [1.54, 1.807) is 6.07 Å². The van der Waals surface area contributed by atoms with Crippen LogP contribution in [0.2, 0.25) is 0 Å². The van der Waals surface area contributed by atoms with E-state index in [1.165, 1.54) is 0 Å². The molecule has 0 saturated carbocycles. The first kappa shape index (κ1) is 28.6. The smallest absolute Gasteiger partial charge is 0.255 e. The van der Waals surface area contributed by atoms with Crippen LogP contribution in [0.1, 0.15) is 61.5 Å². The second kappa shape index (κ2) is 10.3. The van der Waals surface area contributed by atoms with E-state index >= 15 is 0 Å². The molecule has 212 valence electrons. The summed E-state index contributed by atoms with van der Waals surface area (Å²) in [6.07, 6.45) is 1.16. The maximum atomic E-state index is 13.8. The zero-order valence-corrected chi connectivity index (χ0v) is 23.2. The second-order valence-corrected chi connectivity index (χ2v) is 11.6. The van der Waals surface area contributed by atoms with Crippen LogP contribution in [-0.4, -0.2) is 75.6 Å². The topological polar surface area (TPSA) is 165 Å². The van der Waals surface area contributed by atoms with Crippen molar-refractivity contribution < 1.29 is 34.8 Å². The molecule has 3 aliphatic rings. The first-order valence-electron chi connectivity index (χ1n) is 13.5. The van der Waals surface area contributed by atoms with Crippen LogP contribution >= 0.6 is 0 Å². The molecule has 0 spiro atoms. The van der Waals surface area contributed by atoms with E-state index in [0.29, 0.717) is 18.0 Å². The molecule has 1 aromatic rings. The highest BCUT2D eigenvalue weighted by atomic mass is 16.3. The number of phenolic OH excluding ortho intramolecular Hbond substituents is 1. The van der Waals surface area contributed by atoms with Crippen molar-refractivity contribution in [3.05, 3.63) is 45.4 Å². The van der Waals surface area contributed by atoms with Gasteiger partial charge in [-0.15, -0.1) is 0 Å². The van der Waals surface area contributed by atoms with Crippen LogP contribution in [-0.2, 0) is 22.6 Å². The zero-order valence-electron chi connectivity index (χ0n) is 23.2. The Morgan fingerprint density at radius 2 is 1.85 bits per heavy atom. The molecule has 39 heavy (non-hydrogen) atoms. The number of carbonyl (C=O) groups excluding carboxylic acids is 3. The lowest BCUT2D eigenvalue weighted by Crippen LogP contribution is -2.57. The molecule has 3 aliphatic carbocycles. The Kier molecular flexibility index (Phi) is 7.57. The number of nitrogens with zero attached hydrogens (tertiary/aromatic N) is 2. The summed E-state index contributed by atoms with van der Waals surface area (Å²) in [7, 11) is 3.75. The van der Waals surface area contributed by atoms with Crippen LogP contribution < -0.4 is 10.6 Å². The fourth-order valence-electron chi connectivity index (χ4n) is 6.45. The van der Waals surface area contributed by atoms with Crippen molar-refractivity contribution in [1.29, 1.82) is 0 Å². The van der Waals surface area contributed by atoms with Crippen molar-refractivity contribution in [3.8, 4) is 5.75 Å². The Balaban J connectivity index is 1.82. The number of ketones is 2. The quantitative estimate of drug-likeness (QED) is 0.311. The molecule has 1 unspecified atom stereocenters. The van der Waals surface area contributed by atoms with Gasteiger partial charge in [0.15, 0.2) is 11.4 Å². The third-order valence-corrected chi connectivity index (χ3v) is 8.42. The minimum Gasteiger partial charge on any atom is -0.511 e. The van der Waals surface area contributed by atoms with Crippen LogP contribution in [0.4, 0.5) is 5.69 Å². The van der Waals surface area contributed by atoms with Gasteiger partial charge >= 0.3 is 0 Å². The molecule has 10 nitrogen and oxygen atoms in total. The van der Waals surface area contributed by atoms with E-state index in [1.807, 2.05) is 19.0 Å². The van der Waals surface area contributed by atoms with Gasteiger partial charge in [0.05, 0.1) is 5.56 Å². The average Bonchev–Trinajstić information content (AvgIpc) is 2.83. The number of amides is 1. The Labute approximate surface area is 228 Å². The molecular weight excluding hydrogens is 502 g/mol. The van der Waals surface area contributed by atoms with Crippen LogP contribution in [0.25, 0.3) is 0 Å². The lowest BCUT2D eigenvalue weighted by Gasteiger charge is -2.46. The van der Waals surface area contributed by atoms with Gasteiger partial charge in [-0.1, -0.05) is 20.8 Å². The summed E-state index contributed by atoms with van der Waals surface area (Å²) < 4.78 is 0. The lowest BCUT2D eigenvalue weighted by atomic mass is 9.60. The number of hydrogen-bond acceptors (Lipinski definition) is 9. The first-order chi connectivity index (χ1) is 18.2. The maximum Gasteiger partial charge on any atom is 0.255 e. The molecule has 0 aromatic heterocycles. The summed E-state index contributed by atoms with van der Waals surface area (Å²) in [5, 5.41) is 44.1. The van der Waals surface area contributed by atoms with E-state index in [4.69, 9.17) is 5.73 Å². The normalized spacial score (nSPS) is 24.7. The summed E-state index contributed by atoms with van der Waals surface area (Å²) in [5.74, 6) is -5.69. The fraction of sp³-hybridized carbons (Fsp3) is 0.552. The van der Waals surface area contributed by atoms with Gasteiger partial charge in [-0.3, -0.25) is 19.3 Å². The van der Waals surface area contributed by atoms with E-state index < -0.39 is 52.0 Å². The Bertz CT molecular complexity index is 1300. The number of rotatable bonds is 8. The third-order valence-electron chi connectivity index (χ3n) is 8.42. The summed E-state index contributed by atoms with van der Waals surface area (Å²) >= 11 is 0. The second-order valence-electron chi connectivity index (χ2n) is 11.6. The lowest BCUT2D eigenvalue weighted by molar-refractivity contribution is -0.144. The molecule has 0 saturated heterocycles. The number of carbonyl (C=O) groups is 3. The molecule has 1 aromatic carbocycles. The summed E-state index contributed by atoms with van der Waals surface area (Å²) in [6.45, 7) is 8.71. The Morgan fingerprint density at radius 3 is 2.41 bits per heavy atom. The van der Waals surface area contributed by atoms with Gasteiger partial charge in [0.25, 0.3) is 5.91 Å². The standard InChI is InChI=1S/C29H39N3O7/c1-6-32(8-7-14(2)3)13-16-11-19(33)22-18(24(16)31(4)5)10-15-9-17-12-20(34)23(28(30)38)27(37)29(17,39)26(36)21(15)25(22)35/h11,14-15,17,33-34,36,39H,6-10,12-13H2,1-5H3,(H2,30,38)/t15?,17-,29-/m0/s1. The molecule has 0 fully saturated rings. The number of benzene rings is 1. The van der Waals surface area contributed by atoms with Crippen molar-refractivity contribution in [3.63, 3.8) is 0 Å². The summed E-state index contributed by atoms with van der Waals surface area (Å²) in [5.41, 5.74) is 4.14. The SMILES string of the molecule is CCN(CCC(C)C)Cc1cc(O)c2c(c1N(C)C)CC1C[C@H]3CC(O)=C(C(N)=O)C(=O)[C@@]3(O)C(O)=C1C2=O. The van der Waals surface area contributed by atoms with Crippen molar-refractivity contribution in [2.45, 2.75) is 58.6 Å². The highest BCUT2D eigenvalue weighted by molar-refractivity contribution is 6.24. The van der Waals surface area contributed by atoms with E-state index in [9.17, 15) is 34.8 Å². The number of aliphatic hydroxyl groups excluding tert-OH is 2. The van der Waals surface area contributed by atoms with Gasteiger partial charge in [0.1, 0.15) is 22.8 Å². The molecule has 6 N–H and O–H groups in total. The van der Waals surface area contributed by atoms with Gasteiger partial charge in [-0.2, -0.15) is 0 Å². The molecule has 0 heterocycles. The van der Waals surface area contributed by atoms with E-state index in [0.717, 1.165) is 30.8 Å². The molecule has 10 heteroatoms. The molecule has 4 rings (SSSR count). The number of Topliss-reactive ketones (excluding diaryl/α,β-unsaturated/α-hetero) is 2. The zero-order chi connectivity index (χ0) is 29.0. The average molecular weight is 542 g/mol. The number of phenols is 1. The number of fused-ring (bicyclic) bond motifs is 3. The summed E-state index contributed by atoms with van der Waals surface area (Å²) in [4.78, 5) is 43.0. The van der Waals surface area contributed by atoms with Crippen molar-refractivity contribution in [2.24, 2.45) is 23.5 Å². The molecule has 0 aliphatic heterocycles. The van der Waals surface area contributed by atoms with Crippen LogP contribution in [0.15, 0.2) is 28.7 Å². The Morgan fingerprint density at radius 1 is 1.18 bits per heavy atom. The maximum absolute atomic E-state index is 13.8. The number of primary amides is 1. The minimum atomic E-state index is -2.56. The summed E-state index contributed by atoms with van der Waals surface area (Å²) in [6, 6.07) is 1.58. The Hall–Kier alpha value is -3.37. The molecule has 1 amide bonds. The number of allylic oxidation sites excluding steroid dienone is 2. The van der Waals surface area contributed by atoms with Gasteiger partial charge in [0, 0.05) is 44.2 Å². The highest BCUT2D eigenvalue weighted by Crippen LogP contribution is 2.52. The van der Waals surface area contributed by atoms with Gasteiger partial charge in [-0.05, 0) is 61.4 Å². The van der Waals surface area contributed by atoms with Crippen molar-refractivity contribution in [2.75, 3.05) is 32.1 Å². The third kappa shape index (κ3) is 4.59. The van der Waals surface area contributed by atoms with Crippen molar-refractivity contribution >= 4 is 23.2 Å². The van der Waals surface area contributed by atoms with Gasteiger partial charge < -0.3 is 31.1 Å². The molecular formula is C29H39N3O7. The monoisotopic (exact) mass is 541 g/mol. The van der Waals surface area contributed by atoms with E-state index in [-0.39, 0.29) is 36.1 Å². The molecule has 3 atom stereocenters. The molecule has 0 bridgehead atoms. The highest BCUT2D eigenvalue weighted by Gasteiger charge is 2.59. The van der Waals surface area contributed by atoms with E-state index in [2.05, 4.69) is 25.7 Å². The number of hydrogen-bond donors (Lipinski definition) is 5. The predicted molar refractivity (Wildman–Crippen MR) is 146 cm³/mol. The number of anilines is 1. The number of aromatic hydroxyl groups is 1. The van der Waals surface area contributed by atoms with Crippen LogP contribution in [0, 0.1) is 17.8 Å². The largest absolute Gasteiger partial charge is 0.511 e. The van der Waals surface area contributed by atoms with Crippen LogP contribution in [0.3, 0.4) is 0 Å². The van der Waals surface area contributed by atoms with Gasteiger partial charge in [0.2, 0.25) is 5.78 Å².